The fourth-order valence-corrected chi connectivity index (χ4v) is 1.34. The number of amides is 3. The van der Waals surface area contributed by atoms with E-state index in [-0.39, 0.29) is 24.2 Å². The Morgan fingerprint density at radius 3 is 2.57 bits per heavy atom. The Morgan fingerprint density at radius 2 is 2.00 bits per heavy atom. The minimum Gasteiger partial charge on any atom is -0.384 e. The molecule has 1 aromatic heterocycles. The molecule has 3 N–H and O–H groups in total. The average molecular weight is 290 g/mol. The number of pyridine rings is 1. The van der Waals surface area contributed by atoms with E-state index in [2.05, 4.69) is 27.5 Å². The summed E-state index contributed by atoms with van der Waals surface area (Å²) in [4.78, 5) is 28.4. The number of rotatable bonds is 4. The van der Waals surface area contributed by atoms with E-state index in [9.17, 15) is 9.59 Å². The molecule has 0 radical (unpaired) electrons. The number of carbonyl (C=O) groups excluding carboxylic acids is 2. The van der Waals surface area contributed by atoms with Crippen LogP contribution in [-0.4, -0.2) is 60.7 Å². The lowest BCUT2D eigenvalue weighted by Crippen LogP contribution is -2.39. The van der Waals surface area contributed by atoms with E-state index in [1.54, 1.807) is 26.2 Å². The molecule has 21 heavy (non-hydrogen) atoms. The number of aliphatic hydroxyl groups excluding tert-OH is 1. The molecule has 0 bridgehead atoms. The highest BCUT2D eigenvalue weighted by Gasteiger charge is 2.06. The predicted octanol–water partition coefficient (Wildman–Crippen LogP) is -0.574. The van der Waals surface area contributed by atoms with E-state index in [0.717, 1.165) is 0 Å². The molecule has 1 aromatic rings. The molecule has 0 aliphatic rings. The van der Waals surface area contributed by atoms with Crippen LogP contribution < -0.4 is 10.6 Å². The van der Waals surface area contributed by atoms with Crippen LogP contribution in [0.15, 0.2) is 18.3 Å². The van der Waals surface area contributed by atoms with Crippen molar-refractivity contribution in [2.75, 3.05) is 33.8 Å². The van der Waals surface area contributed by atoms with E-state index in [1.165, 1.54) is 11.1 Å². The van der Waals surface area contributed by atoms with Gasteiger partial charge in [-0.25, -0.2) is 9.78 Å². The van der Waals surface area contributed by atoms with Crippen LogP contribution in [-0.2, 0) is 0 Å². The molecule has 7 nitrogen and oxygen atoms in total. The van der Waals surface area contributed by atoms with Gasteiger partial charge in [-0.1, -0.05) is 11.8 Å². The van der Waals surface area contributed by atoms with Crippen LogP contribution in [0.2, 0.25) is 0 Å². The summed E-state index contributed by atoms with van der Waals surface area (Å²) in [6.07, 6.45) is 1.46. The number of hydrogen-bond donors (Lipinski definition) is 3. The molecule has 112 valence electrons. The van der Waals surface area contributed by atoms with Crippen molar-refractivity contribution in [2.24, 2.45) is 0 Å². The van der Waals surface area contributed by atoms with Gasteiger partial charge in [-0.15, -0.1) is 0 Å². The second-order valence-electron chi connectivity index (χ2n) is 4.27. The highest BCUT2D eigenvalue weighted by atomic mass is 16.2. The van der Waals surface area contributed by atoms with Crippen LogP contribution >= 0.6 is 0 Å². The number of hydrogen-bond acceptors (Lipinski definition) is 4. The van der Waals surface area contributed by atoms with Crippen molar-refractivity contribution < 1.29 is 14.7 Å². The maximum atomic E-state index is 11.8. The Hall–Kier alpha value is -2.59. The molecule has 0 aliphatic heterocycles. The van der Waals surface area contributed by atoms with Crippen molar-refractivity contribution in [3.8, 4) is 11.8 Å². The quantitative estimate of drug-likeness (QED) is 0.511. The van der Waals surface area contributed by atoms with E-state index in [4.69, 9.17) is 5.11 Å². The minimum atomic E-state index is -0.323. The molecule has 0 aromatic carbocycles. The molecule has 0 unspecified atom stereocenters. The van der Waals surface area contributed by atoms with Crippen LogP contribution in [0, 0.1) is 11.8 Å². The molecule has 0 saturated heterocycles. The smallest absolute Gasteiger partial charge is 0.316 e. The van der Waals surface area contributed by atoms with Gasteiger partial charge in [0.2, 0.25) is 0 Å². The van der Waals surface area contributed by atoms with Gasteiger partial charge >= 0.3 is 6.03 Å². The van der Waals surface area contributed by atoms with Crippen molar-refractivity contribution in [2.45, 2.75) is 0 Å². The Kier molecular flexibility index (Phi) is 6.71. The monoisotopic (exact) mass is 290 g/mol. The van der Waals surface area contributed by atoms with Gasteiger partial charge in [0.25, 0.3) is 5.91 Å². The van der Waals surface area contributed by atoms with Crippen molar-refractivity contribution in [3.63, 3.8) is 0 Å². The standard InChI is InChI=1S/C14H18N4O3/c1-18(2)14(21)16-8-7-15-13(20)12-6-5-11(10-17-12)4-3-9-19/h5-6,10,19H,7-9H2,1-2H3,(H,15,20)(H,16,21). The minimum absolute atomic E-state index is 0.214. The lowest BCUT2D eigenvalue weighted by Gasteiger charge is -2.12. The number of aliphatic hydroxyl groups is 1. The first-order valence-electron chi connectivity index (χ1n) is 6.33. The topological polar surface area (TPSA) is 94.6 Å². The Balaban J connectivity index is 2.40. The lowest BCUT2D eigenvalue weighted by atomic mass is 10.2. The van der Waals surface area contributed by atoms with Crippen LogP contribution in [0.25, 0.3) is 0 Å². The Bertz CT molecular complexity index is 544. The van der Waals surface area contributed by atoms with Gasteiger partial charge in [-0.2, -0.15) is 0 Å². The third kappa shape index (κ3) is 5.93. The number of aromatic nitrogens is 1. The maximum absolute atomic E-state index is 11.8. The van der Waals surface area contributed by atoms with Gasteiger partial charge in [0.1, 0.15) is 12.3 Å². The summed E-state index contributed by atoms with van der Waals surface area (Å²) in [5, 5.41) is 13.8. The normalized spacial score (nSPS) is 9.29. The fraction of sp³-hybridized carbons (Fsp3) is 0.357. The molecular formula is C14H18N4O3. The van der Waals surface area contributed by atoms with Crippen molar-refractivity contribution in [1.29, 1.82) is 0 Å². The van der Waals surface area contributed by atoms with Crippen LogP contribution in [0.1, 0.15) is 16.1 Å². The van der Waals surface area contributed by atoms with Crippen molar-refractivity contribution >= 4 is 11.9 Å². The van der Waals surface area contributed by atoms with Gasteiger partial charge in [0.05, 0.1) is 0 Å². The number of nitrogens with one attached hydrogen (secondary N) is 2. The van der Waals surface area contributed by atoms with Crippen molar-refractivity contribution in [3.05, 3.63) is 29.6 Å². The number of nitrogens with zero attached hydrogens (tertiary/aromatic N) is 2. The molecule has 1 heterocycles. The second kappa shape index (κ2) is 8.55. The highest BCUT2D eigenvalue weighted by Crippen LogP contribution is 1.98. The summed E-state index contributed by atoms with van der Waals surface area (Å²) < 4.78 is 0. The summed E-state index contributed by atoms with van der Waals surface area (Å²) in [6.45, 7) is 0.426. The molecule has 0 saturated carbocycles. The molecular weight excluding hydrogens is 272 g/mol. The molecule has 0 aliphatic carbocycles. The van der Waals surface area contributed by atoms with Crippen LogP contribution in [0.5, 0.6) is 0 Å². The third-order valence-electron chi connectivity index (χ3n) is 2.40. The fourth-order valence-electron chi connectivity index (χ4n) is 1.34. The summed E-state index contributed by atoms with van der Waals surface area (Å²) >= 11 is 0. The highest BCUT2D eigenvalue weighted by molar-refractivity contribution is 5.92. The van der Waals surface area contributed by atoms with E-state index >= 15 is 0 Å². The first-order valence-corrected chi connectivity index (χ1v) is 6.33. The number of urea groups is 1. The van der Waals surface area contributed by atoms with E-state index in [1.807, 2.05) is 0 Å². The Morgan fingerprint density at radius 1 is 1.29 bits per heavy atom. The van der Waals surface area contributed by atoms with Crippen molar-refractivity contribution in [1.82, 2.24) is 20.5 Å². The first-order chi connectivity index (χ1) is 10.0. The third-order valence-corrected chi connectivity index (χ3v) is 2.40. The SMILES string of the molecule is CN(C)C(=O)NCCNC(=O)c1ccc(C#CCO)cn1. The van der Waals surface area contributed by atoms with Gasteiger partial charge in [-0.05, 0) is 12.1 Å². The predicted molar refractivity (Wildman–Crippen MR) is 77.6 cm³/mol. The molecule has 7 heteroatoms. The van der Waals surface area contributed by atoms with Gasteiger partial charge < -0.3 is 20.6 Å². The first kappa shape index (κ1) is 16.5. The summed E-state index contributed by atoms with van der Waals surface area (Å²) in [6, 6.07) is 2.99. The van der Waals surface area contributed by atoms with E-state index < -0.39 is 0 Å². The molecule has 0 spiro atoms. The maximum Gasteiger partial charge on any atom is 0.316 e. The molecule has 0 atom stereocenters. The van der Waals surface area contributed by atoms with Gasteiger partial charge in [0, 0.05) is 38.9 Å². The van der Waals surface area contributed by atoms with E-state index in [0.29, 0.717) is 18.7 Å². The summed E-state index contributed by atoms with van der Waals surface area (Å²) in [5.74, 6) is 4.86. The molecule has 3 amide bonds. The summed E-state index contributed by atoms with van der Waals surface area (Å²) in [5.41, 5.74) is 0.891. The molecule has 0 fully saturated rings. The van der Waals surface area contributed by atoms with Crippen LogP contribution in [0.3, 0.4) is 0 Å². The van der Waals surface area contributed by atoms with Gasteiger partial charge in [0.15, 0.2) is 0 Å². The zero-order valence-corrected chi connectivity index (χ0v) is 12.0. The largest absolute Gasteiger partial charge is 0.384 e. The average Bonchev–Trinajstić information content (AvgIpc) is 2.49. The zero-order valence-electron chi connectivity index (χ0n) is 12.0. The number of carbonyl (C=O) groups is 2. The van der Waals surface area contributed by atoms with Gasteiger partial charge in [-0.3, -0.25) is 4.79 Å². The second-order valence-corrected chi connectivity index (χ2v) is 4.27. The molecule has 1 rings (SSSR count). The summed E-state index contributed by atoms with van der Waals surface area (Å²) in [7, 11) is 3.28. The zero-order chi connectivity index (χ0) is 15.7. The lowest BCUT2D eigenvalue weighted by molar-refractivity contribution is 0.0948. The Labute approximate surface area is 123 Å². The van der Waals surface area contributed by atoms with Crippen LogP contribution in [0.4, 0.5) is 4.79 Å².